The highest BCUT2D eigenvalue weighted by atomic mass is 35.5. The highest BCUT2D eigenvalue weighted by Gasteiger charge is 2.11. The van der Waals surface area contributed by atoms with Crippen LogP contribution in [0.4, 0.5) is 21.9 Å². The van der Waals surface area contributed by atoms with Crippen LogP contribution in [-0.2, 0) is 6.54 Å². The second kappa shape index (κ2) is 8.45. The zero-order valence-electron chi connectivity index (χ0n) is 15.0. The van der Waals surface area contributed by atoms with E-state index < -0.39 is 11.9 Å². The average Bonchev–Trinajstić information content (AvgIpc) is 3.12. The van der Waals surface area contributed by atoms with Gasteiger partial charge in [-0.2, -0.15) is 5.10 Å². The maximum Gasteiger partial charge on any atom is 0.323 e. The number of nitrogens with one attached hydrogen (secondary N) is 4. The molecule has 6 N–H and O–H groups in total. The molecule has 3 aromatic rings. The van der Waals surface area contributed by atoms with Crippen LogP contribution in [-0.4, -0.2) is 22.1 Å². The number of nitrogens with two attached hydrogens (primary N) is 1. The van der Waals surface area contributed by atoms with Crippen LogP contribution in [0, 0.1) is 6.92 Å². The minimum atomic E-state index is -0.620. The molecule has 2 aromatic carbocycles. The third-order valence-corrected chi connectivity index (χ3v) is 4.24. The number of halogens is 1. The first-order valence-electron chi connectivity index (χ1n) is 8.43. The second-order valence-corrected chi connectivity index (χ2v) is 6.54. The van der Waals surface area contributed by atoms with E-state index in [4.69, 9.17) is 17.3 Å². The molecule has 3 amide bonds. The van der Waals surface area contributed by atoms with Crippen molar-refractivity contribution in [3.05, 3.63) is 70.5 Å². The van der Waals surface area contributed by atoms with Gasteiger partial charge in [0.15, 0.2) is 5.69 Å². The van der Waals surface area contributed by atoms with Gasteiger partial charge in [0.2, 0.25) is 0 Å². The first-order chi connectivity index (χ1) is 13.4. The Hall–Kier alpha value is -3.52. The number of hydrogen-bond acceptors (Lipinski definition) is 4. The molecular formula is C19H19ClN6O2. The fourth-order valence-electron chi connectivity index (χ4n) is 2.59. The molecule has 0 atom stereocenters. The van der Waals surface area contributed by atoms with Gasteiger partial charge in [0.1, 0.15) is 0 Å². The maximum atomic E-state index is 12.3. The molecule has 9 heteroatoms. The lowest BCUT2D eigenvalue weighted by molar-refractivity contribution is 0.0996. The summed E-state index contributed by atoms with van der Waals surface area (Å²) in [7, 11) is 0. The van der Waals surface area contributed by atoms with E-state index >= 15 is 0 Å². The quantitative estimate of drug-likeness (QED) is 0.433. The first kappa shape index (κ1) is 19.2. The molecule has 1 heterocycles. The number of aromatic nitrogens is 2. The summed E-state index contributed by atoms with van der Waals surface area (Å²) in [5, 5.41) is 15.4. The smallest absolute Gasteiger partial charge is 0.323 e. The summed E-state index contributed by atoms with van der Waals surface area (Å²) in [5.41, 5.74) is 8.95. The van der Waals surface area contributed by atoms with Gasteiger partial charge in [0.25, 0.3) is 5.91 Å². The van der Waals surface area contributed by atoms with Crippen LogP contribution in [0.15, 0.2) is 48.7 Å². The van der Waals surface area contributed by atoms with Crippen LogP contribution >= 0.6 is 11.6 Å². The fraction of sp³-hybridized carbons (Fsp3) is 0.105. The zero-order valence-corrected chi connectivity index (χ0v) is 15.8. The minimum absolute atomic E-state index is 0.142. The molecule has 0 radical (unpaired) electrons. The second-order valence-electron chi connectivity index (χ2n) is 6.13. The van der Waals surface area contributed by atoms with Crippen molar-refractivity contribution in [2.45, 2.75) is 13.5 Å². The Kier molecular flexibility index (Phi) is 5.81. The summed E-state index contributed by atoms with van der Waals surface area (Å²) in [6.45, 7) is 2.33. The number of aryl methyl sites for hydroxylation is 1. The van der Waals surface area contributed by atoms with Crippen molar-refractivity contribution in [1.82, 2.24) is 10.2 Å². The molecule has 0 fully saturated rings. The SMILES string of the molecule is Cc1ccc(Cl)c(NC(=O)Nc2cccc(CNc3c[nH]nc3C(N)=O)c2)c1. The summed E-state index contributed by atoms with van der Waals surface area (Å²) in [6, 6.07) is 12.3. The number of carbonyl (C=O) groups excluding carboxylic acids is 2. The van der Waals surface area contributed by atoms with Crippen molar-refractivity contribution >= 4 is 40.6 Å². The highest BCUT2D eigenvalue weighted by Crippen LogP contribution is 2.23. The van der Waals surface area contributed by atoms with E-state index in [1.54, 1.807) is 24.4 Å². The molecule has 0 saturated carbocycles. The standard InChI is InChI=1S/C19H19ClN6O2/c1-11-5-6-14(20)15(7-11)25-19(28)24-13-4-2-3-12(8-13)9-22-16-10-23-26-17(16)18(21)27/h2-8,10,22H,9H2,1H3,(H2,21,27)(H,23,26)(H2,24,25,28). The number of nitrogens with zero attached hydrogens (tertiary/aromatic N) is 1. The molecule has 0 aliphatic heterocycles. The number of urea groups is 1. The van der Waals surface area contributed by atoms with Gasteiger partial charge < -0.3 is 21.7 Å². The summed E-state index contributed by atoms with van der Waals surface area (Å²) >= 11 is 6.10. The molecule has 3 rings (SSSR count). The van der Waals surface area contributed by atoms with Gasteiger partial charge in [-0.15, -0.1) is 0 Å². The molecule has 144 valence electrons. The van der Waals surface area contributed by atoms with Gasteiger partial charge in [0, 0.05) is 18.4 Å². The molecule has 8 nitrogen and oxygen atoms in total. The molecule has 0 saturated heterocycles. The number of carbonyl (C=O) groups is 2. The molecule has 0 aliphatic rings. The summed E-state index contributed by atoms with van der Waals surface area (Å²) < 4.78 is 0. The van der Waals surface area contributed by atoms with Gasteiger partial charge in [-0.1, -0.05) is 29.8 Å². The summed E-state index contributed by atoms with van der Waals surface area (Å²) in [5.74, 6) is -0.620. The molecular weight excluding hydrogens is 380 g/mol. The van der Waals surface area contributed by atoms with E-state index in [-0.39, 0.29) is 5.69 Å². The Morgan fingerprint density at radius 2 is 1.96 bits per heavy atom. The molecule has 0 aliphatic carbocycles. The van der Waals surface area contributed by atoms with E-state index in [1.807, 2.05) is 31.2 Å². The molecule has 28 heavy (non-hydrogen) atoms. The number of rotatable bonds is 6. The maximum absolute atomic E-state index is 12.3. The molecule has 1 aromatic heterocycles. The zero-order chi connectivity index (χ0) is 20.1. The van der Waals surface area contributed by atoms with Gasteiger partial charge in [-0.3, -0.25) is 9.89 Å². The predicted molar refractivity (Wildman–Crippen MR) is 110 cm³/mol. The van der Waals surface area contributed by atoms with E-state index in [9.17, 15) is 9.59 Å². The Balaban J connectivity index is 1.63. The average molecular weight is 399 g/mol. The van der Waals surface area contributed by atoms with Crippen molar-refractivity contribution in [2.24, 2.45) is 5.73 Å². The Morgan fingerprint density at radius 1 is 1.14 bits per heavy atom. The number of amides is 3. The Labute approximate surface area is 166 Å². The van der Waals surface area contributed by atoms with Crippen molar-refractivity contribution in [3.63, 3.8) is 0 Å². The lowest BCUT2D eigenvalue weighted by Crippen LogP contribution is -2.19. The van der Waals surface area contributed by atoms with Crippen molar-refractivity contribution in [3.8, 4) is 0 Å². The Morgan fingerprint density at radius 3 is 2.75 bits per heavy atom. The monoisotopic (exact) mass is 398 g/mol. The van der Waals surface area contributed by atoms with Crippen LogP contribution in [0.2, 0.25) is 5.02 Å². The van der Waals surface area contributed by atoms with Gasteiger partial charge >= 0.3 is 6.03 Å². The van der Waals surface area contributed by atoms with Gasteiger partial charge in [0.05, 0.1) is 16.4 Å². The topological polar surface area (TPSA) is 125 Å². The number of primary amides is 1. The van der Waals surface area contributed by atoms with Gasteiger partial charge in [-0.05, 0) is 42.3 Å². The lowest BCUT2D eigenvalue weighted by Gasteiger charge is -2.11. The largest absolute Gasteiger partial charge is 0.378 e. The van der Waals surface area contributed by atoms with Gasteiger partial charge in [-0.25, -0.2) is 4.79 Å². The summed E-state index contributed by atoms with van der Waals surface area (Å²) in [6.07, 6.45) is 1.56. The van der Waals surface area contributed by atoms with Crippen LogP contribution in [0.3, 0.4) is 0 Å². The Bertz CT molecular complexity index is 1020. The molecule has 0 spiro atoms. The number of anilines is 3. The fourth-order valence-corrected chi connectivity index (χ4v) is 2.75. The van der Waals surface area contributed by atoms with Crippen LogP contribution in [0.1, 0.15) is 21.6 Å². The number of aromatic amines is 1. The van der Waals surface area contributed by atoms with E-state index in [0.717, 1.165) is 11.1 Å². The highest BCUT2D eigenvalue weighted by molar-refractivity contribution is 6.33. The normalized spacial score (nSPS) is 10.4. The van der Waals surface area contributed by atoms with Crippen molar-refractivity contribution in [2.75, 3.05) is 16.0 Å². The summed E-state index contributed by atoms with van der Waals surface area (Å²) in [4.78, 5) is 23.6. The van der Waals surface area contributed by atoms with E-state index in [0.29, 0.717) is 28.6 Å². The lowest BCUT2D eigenvalue weighted by atomic mass is 10.2. The predicted octanol–water partition coefficient (Wildman–Crippen LogP) is 3.73. The van der Waals surface area contributed by atoms with Crippen LogP contribution < -0.4 is 21.7 Å². The van der Waals surface area contributed by atoms with Crippen LogP contribution in [0.25, 0.3) is 0 Å². The third kappa shape index (κ3) is 4.80. The van der Waals surface area contributed by atoms with E-state index in [1.165, 1.54) is 0 Å². The van der Waals surface area contributed by atoms with E-state index in [2.05, 4.69) is 26.1 Å². The molecule has 0 unspecified atom stereocenters. The third-order valence-electron chi connectivity index (χ3n) is 3.91. The van der Waals surface area contributed by atoms with Crippen molar-refractivity contribution < 1.29 is 9.59 Å². The number of hydrogen-bond donors (Lipinski definition) is 5. The molecule has 0 bridgehead atoms. The number of benzene rings is 2. The van der Waals surface area contributed by atoms with Crippen LogP contribution in [0.5, 0.6) is 0 Å². The first-order valence-corrected chi connectivity index (χ1v) is 8.80. The minimum Gasteiger partial charge on any atom is -0.378 e. The number of H-pyrrole nitrogens is 1. The van der Waals surface area contributed by atoms with Crippen molar-refractivity contribution in [1.29, 1.82) is 0 Å².